The molecular weight excluding hydrogens is 186 g/mol. The van der Waals surface area contributed by atoms with Gasteiger partial charge >= 0.3 is 0 Å². The van der Waals surface area contributed by atoms with Gasteiger partial charge in [0.05, 0.1) is 6.04 Å². The van der Waals surface area contributed by atoms with Crippen molar-refractivity contribution < 1.29 is 4.79 Å². The molecule has 88 valence electrons. The highest BCUT2D eigenvalue weighted by Crippen LogP contribution is 2.13. The van der Waals surface area contributed by atoms with Gasteiger partial charge in [-0.2, -0.15) is 0 Å². The van der Waals surface area contributed by atoms with Crippen molar-refractivity contribution in [2.24, 2.45) is 4.99 Å². The van der Waals surface area contributed by atoms with Crippen LogP contribution in [0.1, 0.15) is 71.6 Å². The van der Waals surface area contributed by atoms with E-state index in [0.717, 1.165) is 12.8 Å². The second kappa shape index (κ2) is 11.5. The van der Waals surface area contributed by atoms with Crippen molar-refractivity contribution in [3.05, 3.63) is 0 Å². The molecule has 0 spiro atoms. The first kappa shape index (κ1) is 14.4. The van der Waals surface area contributed by atoms with Gasteiger partial charge in [-0.15, -0.1) is 0 Å². The summed E-state index contributed by atoms with van der Waals surface area (Å²) in [4.78, 5) is 14.1. The molecule has 2 heteroatoms. The van der Waals surface area contributed by atoms with E-state index in [1.807, 2.05) is 0 Å². The second-order valence-corrected chi connectivity index (χ2v) is 4.22. The maximum Gasteiger partial charge on any atom is 0.235 e. The van der Waals surface area contributed by atoms with E-state index in [2.05, 4.69) is 18.8 Å². The highest BCUT2D eigenvalue weighted by molar-refractivity contribution is 5.33. The third kappa shape index (κ3) is 9.68. The number of nitrogens with zero attached hydrogens (tertiary/aromatic N) is 1. The third-order valence-electron chi connectivity index (χ3n) is 2.77. The monoisotopic (exact) mass is 211 g/mol. The quantitative estimate of drug-likeness (QED) is 0.302. The van der Waals surface area contributed by atoms with Crippen LogP contribution in [0.5, 0.6) is 0 Å². The third-order valence-corrected chi connectivity index (χ3v) is 2.77. The Bertz CT molecular complexity index is 173. The summed E-state index contributed by atoms with van der Waals surface area (Å²) >= 11 is 0. The van der Waals surface area contributed by atoms with Crippen molar-refractivity contribution in [1.29, 1.82) is 0 Å². The second-order valence-electron chi connectivity index (χ2n) is 4.22. The highest BCUT2D eigenvalue weighted by atomic mass is 16.1. The van der Waals surface area contributed by atoms with Gasteiger partial charge in [0.2, 0.25) is 6.08 Å². The molecule has 0 aliphatic heterocycles. The molecule has 0 saturated heterocycles. The molecule has 0 N–H and O–H groups in total. The molecule has 2 nitrogen and oxygen atoms in total. The molecule has 0 aliphatic rings. The Morgan fingerprint density at radius 3 is 2.13 bits per heavy atom. The first-order chi connectivity index (χ1) is 7.35. The van der Waals surface area contributed by atoms with Crippen LogP contribution >= 0.6 is 0 Å². The highest BCUT2D eigenvalue weighted by Gasteiger charge is 2.05. The van der Waals surface area contributed by atoms with Crippen LogP contribution < -0.4 is 0 Å². The number of aliphatic imine (C=N–C) groups is 1. The van der Waals surface area contributed by atoms with Crippen molar-refractivity contribution in [1.82, 2.24) is 0 Å². The predicted molar refractivity (Wildman–Crippen MR) is 64.8 cm³/mol. The van der Waals surface area contributed by atoms with Gasteiger partial charge < -0.3 is 0 Å². The Hall–Kier alpha value is -0.620. The van der Waals surface area contributed by atoms with Crippen LogP contribution in [0, 0.1) is 0 Å². The van der Waals surface area contributed by atoms with E-state index in [-0.39, 0.29) is 6.04 Å². The van der Waals surface area contributed by atoms with Crippen LogP contribution in [0.25, 0.3) is 0 Å². The van der Waals surface area contributed by atoms with Crippen molar-refractivity contribution in [3.8, 4) is 0 Å². The fourth-order valence-electron chi connectivity index (χ4n) is 1.77. The Kier molecular flexibility index (Phi) is 11.0. The van der Waals surface area contributed by atoms with Gasteiger partial charge in [-0.25, -0.2) is 9.79 Å². The van der Waals surface area contributed by atoms with Crippen LogP contribution in [0.15, 0.2) is 4.99 Å². The molecule has 0 aromatic carbocycles. The lowest BCUT2D eigenvalue weighted by atomic mass is 10.0. The molecule has 0 aliphatic carbocycles. The SMILES string of the molecule is CCCCCCCC(CCCC)N=C=O. The first-order valence-electron chi connectivity index (χ1n) is 6.42. The van der Waals surface area contributed by atoms with E-state index < -0.39 is 0 Å². The summed E-state index contributed by atoms with van der Waals surface area (Å²) in [6, 6.07) is 0.240. The van der Waals surface area contributed by atoms with Gasteiger partial charge in [-0.3, -0.25) is 0 Å². The summed E-state index contributed by atoms with van der Waals surface area (Å²) in [5.41, 5.74) is 0. The minimum atomic E-state index is 0.240. The largest absolute Gasteiger partial charge is 0.235 e. The molecule has 0 radical (unpaired) electrons. The summed E-state index contributed by atoms with van der Waals surface area (Å²) in [6.07, 6.45) is 12.6. The summed E-state index contributed by atoms with van der Waals surface area (Å²) in [5, 5.41) is 0. The lowest BCUT2D eigenvalue weighted by Gasteiger charge is -2.09. The number of unbranched alkanes of at least 4 members (excludes halogenated alkanes) is 5. The number of hydrogen-bond acceptors (Lipinski definition) is 2. The predicted octanol–water partition coefficient (Wildman–Crippen LogP) is 4.24. The average molecular weight is 211 g/mol. The van der Waals surface area contributed by atoms with Gasteiger partial charge in [0, 0.05) is 0 Å². The van der Waals surface area contributed by atoms with Gasteiger partial charge in [0.15, 0.2) is 0 Å². The van der Waals surface area contributed by atoms with Crippen molar-refractivity contribution in [3.63, 3.8) is 0 Å². The molecular formula is C13H25NO. The van der Waals surface area contributed by atoms with Crippen LogP contribution in [0.3, 0.4) is 0 Å². The maximum absolute atomic E-state index is 10.2. The summed E-state index contributed by atoms with van der Waals surface area (Å²) in [5.74, 6) is 0. The van der Waals surface area contributed by atoms with Gasteiger partial charge in [-0.05, 0) is 12.8 Å². The fourth-order valence-corrected chi connectivity index (χ4v) is 1.77. The molecule has 0 rings (SSSR count). The number of rotatable bonds is 10. The van der Waals surface area contributed by atoms with Crippen LogP contribution in [0.4, 0.5) is 0 Å². The molecule has 1 unspecified atom stereocenters. The van der Waals surface area contributed by atoms with Crippen molar-refractivity contribution in [2.45, 2.75) is 77.7 Å². The van der Waals surface area contributed by atoms with Crippen molar-refractivity contribution >= 4 is 6.08 Å². The van der Waals surface area contributed by atoms with E-state index in [1.54, 1.807) is 6.08 Å². The Morgan fingerprint density at radius 1 is 0.933 bits per heavy atom. The topological polar surface area (TPSA) is 29.4 Å². The molecule has 0 aromatic heterocycles. The summed E-state index contributed by atoms with van der Waals surface area (Å²) in [7, 11) is 0. The van der Waals surface area contributed by atoms with E-state index in [1.165, 1.54) is 44.9 Å². The normalized spacial score (nSPS) is 12.1. The number of isocyanates is 1. The average Bonchev–Trinajstić information content (AvgIpc) is 2.25. The standard InChI is InChI=1S/C13H25NO/c1-3-5-7-8-9-11-13(14-12-15)10-6-4-2/h13H,3-11H2,1-2H3. The summed E-state index contributed by atoms with van der Waals surface area (Å²) in [6.45, 7) is 4.39. The molecule has 0 saturated carbocycles. The molecule has 0 amide bonds. The zero-order valence-corrected chi connectivity index (χ0v) is 10.3. The van der Waals surface area contributed by atoms with E-state index in [9.17, 15) is 4.79 Å². The van der Waals surface area contributed by atoms with E-state index >= 15 is 0 Å². The Labute approximate surface area is 94.2 Å². The zero-order valence-electron chi connectivity index (χ0n) is 10.3. The summed E-state index contributed by atoms with van der Waals surface area (Å²) < 4.78 is 0. The van der Waals surface area contributed by atoms with Crippen LogP contribution in [0.2, 0.25) is 0 Å². The molecule has 15 heavy (non-hydrogen) atoms. The van der Waals surface area contributed by atoms with Gasteiger partial charge in [0.1, 0.15) is 0 Å². The lowest BCUT2D eigenvalue weighted by Crippen LogP contribution is -2.03. The van der Waals surface area contributed by atoms with Crippen LogP contribution in [-0.4, -0.2) is 12.1 Å². The molecule has 0 aromatic rings. The first-order valence-corrected chi connectivity index (χ1v) is 6.42. The van der Waals surface area contributed by atoms with Crippen molar-refractivity contribution in [2.75, 3.05) is 0 Å². The maximum atomic E-state index is 10.2. The lowest BCUT2D eigenvalue weighted by molar-refractivity contribution is 0.494. The molecule has 0 heterocycles. The molecule has 0 fully saturated rings. The van der Waals surface area contributed by atoms with Gasteiger partial charge in [0.25, 0.3) is 0 Å². The minimum Gasteiger partial charge on any atom is -0.211 e. The Balaban J connectivity index is 3.52. The smallest absolute Gasteiger partial charge is 0.211 e. The fraction of sp³-hybridized carbons (Fsp3) is 0.923. The van der Waals surface area contributed by atoms with E-state index in [4.69, 9.17) is 0 Å². The Morgan fingerprint density at radius 2 is 1.53 bits per heavy atom. The molecule has 0 bridgehead atoms. The van der Waals surface area contributed by atoms with E-state index in [0.29, 0.717) is 0 Å². The zero-order chi connectivity index (χ0) is 11.4. The molecule has 1 atom stereocenters. The van der Waals surface area contributed by atoms with Crippen LogP contribution in [-0.2, 0) is 4.79 Å². The minimum absolute atomic E-state index is 0.240. The van der Waals surface area contributed by atoms with Gasteiger partial charge in [-0.1, -0.05) is 58.8 Å². The number of carbonyl (C=O) groups excluding carboxylic acids is 1. The number of hydrogen-bond donors (Lipinski definition) is 0.